The highest BCUT2D eigenvalue weighted by Gasteiger charge is 2.24. The molecule has 1 saturated heterocycles. The molecule has 2 heterocycles. The smallest absolute Gasteiger partial charge is 0.303 e. The molecule has 2 aromatic carbocycles. The number of ether oxygens (including phenoxy) is 3. The Morgan fingerprint density at radius 3 is 2.52 bits per heavy atom. The van der Waals surface area contributed by atoms with Crippen molar-refractivity contribution in [1.29, 1.82) is 0 Å². The highest BCUT2D eigenvalue weighted by atomic mass is 16.6. The summed E-state index contributed by atoms with van der Waals surface area (Å²) in [4.78, 5) is 13.9. The summed E-state index contributed by atoms with van der Waals surface area (Å²) in [6.07, 6.45) is 2.88. The molecule has 1 fully saturated rings. The van der Waals surface area contributed by atoms with Crippen LogP contribution in [0.25, 0.3) is 0 Å². The summed E-state index contributed by atoms with van der Waals surface area (Å²) in [5.74, 6) is 0.684. The summed E-state index contributed by atoms with van der Waals surface area (Å²) in [5, 5.41) is 13.0. The number of hydrogen-bond acceptors (Lipinski definition) is 6. The minimum atomic E-state index is -0.773. The molecule has 0 aliphatic carbocycles. The van der Waals surface area contributed by atoms with E-state index in [4.69, 9.17) is 14.2 Å². The Morgan fingerprint density at radius 1 is 1.06 bits per heavy atom. The van der Waals surface area contributed by atoms with E-state index >= 15 is 0 Å². The number of aliphatic carboxylic acids is 1. The van der Waals surface area contributed by atoms with Gasteiger partial charge in [-0.05, 0) is 61.9 Å². The Hall–Kier alpha value is -2.93. The lowest BCUT2D eigenvalue weighted by atomic mass is 9.92. The van der Waals surface area contributed by atoms with Crippen LogP contribution in [-0.2, 0) is 9.53 Å². The minimum absolute atomic E-state index is 0.0319. The summed E-state index contributed by atoms with van der Waals surface area (Å²) in [6, 6.07) is 12.6. The van der Waals surface area contributed by atoms with Crippen LogP contribution >= 0.6 is 0 Å². The summed E-state index contributed by atoms with van der Waals surface area (Å²) in [6.45, 7) is 7.75. The topological polar surface area (TPSA) is 80.3 Å². The lowest BCUT2D eigenvalue weighted by Gasteiger charge is -2.37. The maximum atomic E-state index is 11.4. The van der Waals surface area contributed by atoms with Crippen LogP contribution in [0.2, 0.25) is 0 Å². The minimum Gasteiger partial charge on any atom is -0.486 e. The van der Waals surface area contributed by atoms with Crippen LogP contribution in [0.4, 0.5) is 17.1 Å². The number of carboxylic acid groups (broad SMARTS) is 1. The molecule has 1 unspecified atom stereocenters. The monoisotopic (exact) mass is 454 g/mol. The zero-order valence-electron chi connectivity index (χ0n) is 19.5. The van der Waals surface area contributed by atoms with Gasteiger partial charge < -0.3 is 29.5 Å². The normalized spacial score (nSPS) is 16.8. The van der Waals surface area contributed by atoms with Gasteiger partial charge in [0.1, 0.15) is 13.2 Å². The van der Waals surface area contributed by atoms with Crippen molar-refractivity contribution in [1.82, 2.24) is 0 Å². The summed E-state index contributed by atoms with van der Waals surface area (Å²) >= 11 is 0. The van der Waals surface area contributed by atoms with Gasteiger partial charge in [0.15, 0.2) is 11.5 Å². The first-order valence-electron chi connectivity index (χ1n) is 12.0. The summed E-state index contributed by atoms with van der Waals surface area (Å²) in [5.41, 5.74) is 4.04. The van der Waals surface area contributed by atoms with Crippen molar-refractivity contribution >= 4 is 23.0 Å². The van der Waals surface area contributed by atoms with Crippen LogP contribution < -0.4 is 19.7 Å². The molecule has 178 valence electrons. The van der Waals surface area contributed by atoms with Gasteiger partial charge in [-0.15, -0.1) is 0 Å². The van der Waals surface area contributed by atoms with Gasteiger partial charge in [0.2, 0.25) is 0 Å². The van der Waals surface area contributed by atoms with Crippen LogP contribution in [0.15, 0.2) is 36.4 Å². The highest BCUT2D eigenvalue weighted by molar-refractivity contribution is 5.78. The molecule has 2 N–H and O–H groups in total. The number of anilines is 3. The third-order valence-corrected chi connectivity index (χ3v) is 6.51. The summed E-state index contributed by atoms with van der Waals surface area (Å²) < 4.78 is 17.0. The van der Waals surface area contributed by atoms with Crippen molar-refractivity contribution < 1.29 is 24.1 Å². The van der Waals surface area contributed by atoms with E-state index in [1.807, 2.05) is 25.1 Å². The standard InChI is InChI=1S/C26H34N2O5/c1-3-18(16-26(29)30)19-5-7-23(28(4-2)21-9-11-31-12-10-21)22(15-19)27-20-6-8-24-25(17-20)33-14-13-32-24/h5-8,15,17-18,21,27H,3-4,9-14,16H2,1-2H3,(H,29,30). The Kier molecular flexibility index (Phi) is 7.60. The SMILES string of the molecule is CCC(CC(=O)O)c1ccc(N(CC)C2CCOCC2)c(Nc2ccc3c(c2)OCCO3)c1. The third kappa shape index (κ3) is 5.53. The van der Waals surface area contributed by atoms with Crippen LogP contribution in [-0.4, -0.2) is 50.1 Å². The molecule has 0 radical (unpaired) electrons. The van der Waals surface area contributed by atoms with Gasteiger partial charge in [0, 0.05) is 37.6 Å². The first-order valence-corrected chi connectivity index (χ1v) is 12.0. The second-order valence-corrected chi connectivity index (χ2v) is 8.59. The average Bonchev–Trinajstić information content (AvgIpc) is 2.84. The van der Waals surface area contributed by atoms with Crippen molar-refractivity contribution in [2.24, 2.45) is 0 Å². The van der Waals surface area contributed by atoms with Gasteiger partial charge >= 0.3 is 5.97 Å². The van der Waals surface area contributed by atoms with Crippen molar-refractivity contribution in [2.45, 2.75) is 51.5 Å². The number of hydrogen-bond donors (Lipinski definition) is 2. The van der Waals surface area contributed by atoms with Crippen LogP contribution in [0.3, 0.4) is 0 Å². The number of carboxylic acids is 1. The van der Waals surface area contributed by atoms with Crippen molar-refractivity contribution in [2.75, 3.05) is 43.2 Å². The van der Waals surface area contributed by atoms with E-state index in [1.54, 1.807) is 0 Å². The van der Waals surface area contributed by atoms with Crippen LogP contribution in [0, 0.1) is 0 Å². The van der Waals surface area contributed by atoms with Gasteiger partial charge in [0.05, 0.1) is 17.8 Å². The number of nitrogens with zero attached hydrogens (tertiary/aromatic N) is 1. The summed E-state index contributed by atoms with van der Waals surface area (Å²) in [7, 11) is 0. The van der Waals surface area contributed by atoms with Crippen molar-refractivity contribution in [3.05, 3.63) is 42.0 Å². The molecule has 0 aromatic heterocycles. The average molecular weight is 455 g/mol. The molecule has 0 bridgehead atoms. The Balaban J connectivity index is 1.70. The predicted octanol–water partition coefficient (Wildman–Crippen LogP) is 5.18. The Labute approximate surface area is 195 Å². The molecule has 4 rings (SSSR count). The molecule has 0 saturated carbocycles. The first kappa shape index (κ1) is 23.2. The first-order chi connectivity index (χ1) is 16.1. The molecule has 7 nitrogen and oxygen atoms in total. The maximum absolute atomic E-state index is 11.4. The fourth-order valence-corrected chi connectivity index (χ4v) is 4.77. The number of benzene rings is 2. The van der Waals surface area contributed by atoms with Crippen molar-refractivity contribution in [3.63, 3.8) is 0 Å². The zero-order chi connectivity index (χ0) is 23.2. The lowest BCUT2D eigenvalue weighted by molar-refractivity contribution is -0.137. The number of nitrogens with one attached hydrogen (secondary N) is 1. The van der Waals surface area contributed by atoms with Gasteiger partial charge in [-0.3, -0.25) is 4.79 Å². The van der Waals surface area contributed by atoms with Gasteiger partial charge in [-0.2, -0.15) is 0 Å². The van der Waals surface area contributed by atoms with Gasteiger partial charge in [-0.1, -0.05) is 13.0 Å². The van der Waals surface area contributed by atoms with E-state index < -0.39 is 5.97 Å². The second-order valence-electron chi connectivity index (χ2n) is 8.59. The van der Waals surface area contributed by atoms with Gasteiger partial charge in [-0.25, -0.2) is 0 Å². The number of rotatable bonds is 9. The van der Waals surface area contributed by atoms with Gasteiger partial charge in [0.25, 0.3) is 0 Å². The largest absolute Gasteiger partial charge is 0.486 e. The number of fused-ring (bicyclic) bond motifs is 1. The highest BCUT2D eigenvalue weighted by Crippen LogP contribution is 2.38. The second kappa shape index (κ2) is 10.8. The number of carbonyl (C=O) groups is 1. The Morgan fingerprint density at radius 2 is 1.82 bits per heavy atom. The zero-order valence-corrected chi connectivity index (χ0v) is 19.5. The van der Waals surface area contributed by atoms with E-state index in [0.29, 0.717) is 19.3 Å². The quantitative estimate of drug-likeness (QED) is 0.541. The lowest BCUT2D eigenvalue weighted by Crippen LogP contribution is -2.39. The fourth-order valence-electron chi connectivity index (χ4n) is 4.77. The van der Waals surface area contributed by atoms with Crippen molar-refractivity contribution in [3.8, 4) is 11.5 Å². The van der Waals surface area contributed by atoms with E-state index in [1.165, 1.54) is 0 Å². The molecule has 2 aromatic rings. The molecule has 7 heteroatoms. The van der Waals surface area contributed by atoms with E-state index in [9.17, 15) is 9.90 Å². The molecule has 1 atom stereocenters. The third-order valence-electron chi connectivity index (χ3n) is 6.51. The van der Waals surface area contributed by atoms with Crippen LogP contribution in [0.5, 0.6) is 11.5 Å². The molecular weight excluding hydrogens is 420 g/mol. The molecule has 2 aliphatic heterocycles. The van der Waals surface area contributed by atoms with Crippen LogP contribution in [0.1, 0.15) is 51.0 Å². The van der Waals surface area contributed by atoms with E-state index in [-0.39, 0.29) is 12.3 Å². The molecule has 33 heavy (non-hydrogen) atoms. The predicted molar refractivity (Wildman–Crippen MR) is 129 cm³/mol. The molecular formula is C26H34N2O5. The molecule has 2 aliphatic rings. The molecule has 0 amide bonds. The molecule has 0 spiro atoms. The Bertz CT molecular complexity index is 958. The van der Waals surface area contributed by atoms with E-state index in [0.717, 1.165) is 73.1 Å². The fraction of sp³-hybridized carbons (Fsp3) is 0.500. The maximum Gasteiger partial charge on any atom is 0.303 e. The van der Waals surface area contributed by atoms with E-state index in [2.05, 4.69) is 35.3 Å².